The Bertz CT molecular complexity index is 474. The zero-order valence-corrected chi connectivity index (χ0v) is 13.1. The highest BCUT2D eigenvalue weighted by molar-refractivity contribution is 5.30. The van der Waals surface area contributed by atoms with Crippen LogP contribution in [0.25, 0.3) is 0 Å². The lowest BCUT2D eigenvalue weighted by molar-refractivity contribution is 0.0175. The highest BCUT2D eigenvalue weighted by Crippen LogP contribution is 2.19. The lowest BCUT2D eigenvalue weighted by Gasteiger charge is -2.26. The molecule has 3 saturated heterocycles. The van der Waals surface area contributed by atoms with Gasteiger partial charge in [-0.15, -0.1) is 0 Å². The van der Waals surface area contributed by atoms with Crippen molar-refractivity contribution in [3.8, 4) is 0 Å². The summed E-state index contributed by atoms with van der Waals surface area (Å²) in [7, 11) is 0. The summed E-state index contributed by atoms with van der Waals surface area (Å²) in [6.45, 7) is 6.98. The van der Waals surface area contributed by atoms with Crippen LogP contribution in [0.5, 0.6) is 0 Å². The van der Waals surface area contributed by atoms with Crippen LogP contribution in [0.3, 0.4) is 0 Å². The molecule has 0 radical (unpaired) electrons. The van der Waals surface area contributed by atoms with E-state index in [1.807, 2.05) is 12.4 Å². The van der Waals surface area contributed by atoms with Crippen LogP contribution in [0.2, 0.25) is 0 Å². The molecule has 3 aliphatic rings. The molecule has 2 atom stereocenters. The fraction of sp³-hybridized carbons (Fsp3) is 0.750. The van der Waals surface area contributed by atoms with Crippen LogP contribution < -0.4 is 10.2 Å². The van der Waals surface area contributed by atoms with Gasteiger partial charge in [-0.05, 0) is 19.3 Å². The highest BCUT2D eigenvalue weighted by Gasteiger charge is 2.35. The van der Waals surface area contributed by atoms with Gasteiger partial charge in [-0.1, -0.05) is 0 Å². The van der Waals surface area contributed by atoms with Crippen molar-refractivity contribution in [2.45, 2.75) is 38.0 Å². The first-order chi connectivity index (χ1) is 10.9. The van der Waals surface area contributed by atoms with Gasteiger partial charge in [-0.2, -0.15) is 0 Å². The molecule has 22 heavy (non-hydrogen) atoms. The van der Waals surface area contributed by atoms with E-state index in [2.05, 4.69) is 25.1 Å². The number of ether oxygens (including phenoxy) is 1. The second-order valence-corrected chi connectivity index (χ2v) is 6.60. The molecule has 4 rings (SSSR count). The Balaban J connectivity index is 1.35. The van der Waals surface area contributed by atoms with E-state index in [0.717, 1.165) is 51.8 Å². The minimum Gasteiger partial charge on any atom is -0.374 e. The van der Waals surface area contributed by atoms with Gasteiger partial charge in [0, 0.05) is 63.3 Å². The van der Waals surface area contributed by atoms with Crippen molar-refractivity contribution < 1.29 is 4.74 Å². The Morgan fingerprint density at radius 2 is 1.95 bits per heavy atom. The number of nitrogens with zero attached hydrogens (tertiary/aromatic N) is 4. The van der Waals surface area contributed by atoms with Crippen LogP contribution in [0.4, 0.5) is 5.95 Å². The fourth-order valence-electron chi connectivity index (χ4n) is 3.75. The fourth-order valence-corrected chi connectivity index (χ4v) is 3.75. The Labute approximate surface area is 131 Å². The van der Waals surface area contributed by atoms with Crippen LogP contribution in [0.1, 0.15) is 24.8 Å². The van der Waals surface area contributed by atoms with Gasteiger partial charge < -0.3 is 15.0 Å². The molecule has 0 aromatic carbocycles. The van der Waals surface area contributed by atoms with E-state index < -0.39 is 0 Å². The van der Waals surface area contributed by atoms with E-state index in [0.29, 0.717) is 12.1 Å². The third-order valence-corrected chi connectivity index (χ3v) is 4.92. The molecular weight excluding hydrogens is 278 g/mol. The third-order valence-electron chi connectivity index (χ3n) is 4.92. The van der Waals surface area contributed by atoms with Gasteiger partial charge in [0.25, 0.3) is 0 Å². The van der Waals surface area contributed by atoms with Crippen molar-refractivity contribution in [1.29, 1.82) is 0 Å². The summed E-state index contributed by atoms with van der Waals surface area (Å²) in [6, 6.07) is 0.488. The molecule has 120 valence electrons. The number of rotatable bonds is 3. The van der Waals surface area contributed by atoms with E-state index in [4.69, 9.17) is 4.74 Å². The van der Waals surface area contributed by atoms with Gasteiger partial charge >= 0.3 is 0 Å². The maximum atomic E-state index is 5.83. The zero-order valence-electron chi connectivity index (χ0n) is 13.1. The zero-order chi connectivity index (χ0) is 14.8. The SMILES string of the molecule is c1nc(N2CCCCC2)ncc1CN1CC2NCCOC2C1. The number of hydrogen-bond acceptors (Lipinski definition) is 6. The average Bonchev–Trinajstić information content (AvgIpc) is 2.98. The standard InChI is InChI=1S/C16H25N5O/c1-2-5-21(6-3-1)16-18-8-13(9-19-16)10-20-11-14-15(12-20)22-7-4-17-14/h8-9,14-15,17H,1-7,10-12H2. The van der Waals surface area contributed by atoms with E-state index in [1.54, 1.807) is 0 Å². The molecule has 0 spiro atoms. The number of anilines is 1. The van der Waals surface area contributed by atoms with Gasteiger partial charge in [-0.25, -0.2) is 9.97 Å². The Morgan fingerprint density at radius 1 is 1.14 bits per heavy atom. The third kappa shape index (κ3) is 3.09. The van der Waals surface area contributed by atoms with Gasteiger partial charge in [0.2, 0.25) is 5.95 Å². The van der Waals surface area contributed by atoms with E-state index in [-0.39, 0.29) is 0 Å². The molecule has 3 aliphatic heterocycles. The average molecular weight is 303 g/mol. The second kappa shape index (κ2) is 6.48. The van der Waals surface area contributed by atoms with Crippen LogP contribution >= 0.6 is 0 Å². The molecular formula is C16H25N5O. The summed E-state index contributed by atoms with van der Waals surface area (Å²) < 4.78 is 5.83. The summed E-state index contributed by atoms with van der Waals surface area (Å²) in [6.07, 6.45) is 8.19. The van der Waals surface area contributed by atoms with Crippen molar-refractivity contribution in [2.24, 2.45) is 0 Å². The Hall–Kier alpha value is -1.24. The number of aromatic nitrogens is 2. The quantitative estimate of drug-likeness (QED) is 0.884. The molecule has 1 aromatic heterocycles. The van der Waals surface area contributed by atoms with Crippen molar-refractivity contribution >= 4 is 5.95 Å². The number of morpholine rings is 1. The summed E-state index contributed by atoms with van der Waals surface area (Å²) in [5, 5.41) is 3.54. The Kier molecular flexibility index (Phi) is 4.23. The Morgan fingerprint density at radius 3 is 2.73 bits per heavy atom. The number of nitrogens with one attached hydrogen (secondary N) is 1. The van der Waals surface area contributed by atoms with Crippen LogP contribution in [-0.2, 0) is 11.3 Å². The first kappa shape index (κ1) is 14.4. The van der Waals surface area contributed by atoms with Gasteiger partial charge in [-0.3, -0.25) is 4.90 Å². The van der Waals surface area contributed by atoms with E-state index >= 15 is 0 Å². The number of fused-ring (bicyclic) bond motifs is 1. The van der Waals surface area contributed by atoms with Crippen molar-refractivity contribution in [3.05, 3.63) is 18.0 Å². The molecule has 3 fully saturated rings. The molecule has 6 heteroatoms. The van der Waals surface area contributed by atoms with Gasteiger partial charge in [0.05, 0.1) is 12.7 Å². The maximum absolute atomic E-state index is 5.83. The lowest BCUT2D eigenvalue weighted by Crippen LogP contribution is -2.47. The van der Waals surface area contributed by atoms with Crippen LogP contribution in [0.15, 0.2) is 12.4 Å². The van der Waals surface area contributed by atoms with Crippen molar-refractivity contribution in [2.75, 3.05) is 44.2 Å². The molecule has 0 bridgehead atoms. The van der Waals surface area contributed by atoms with Gasteiger partial charge in [0.15, 0.2) is 0 Å². The maximum Gasteiger partial charge on any atom is 0.225 e. The first-order valence-electron chi connectivity index (χ1n) is 8.52. The molecule has 1 aromatic rings. The van der Waals surface area contributed by atoms with E-state index in [1.165, 1.54) is 24.8 Å². The van der Waals surface area contributed by atoms with Crippen molar-refractivity contribution in [1.82, 2.24) is 20.2 Å². The molecule has 0 aliphatic carbocycles. The topological polar surface area (TPSA) is 53.5 Å². The molecule has 2 unspecified atom stereocenters. The molecule has 4 heterocycles. The lowest BCUT2D eigenvalue weighted by atomic mass is 10.1. The smallest absolute Gasteiger partial charge is 0.225 e. The van der Waals surface area contributed by atoms with Crippen LogP contribution in [0, 0.1) is 0 Å². The first-order valence-corrected chi connectivity index (χ1v) is 8.52. The van der Waals surface area contributed by atoms with Crippen molar-refractivity contribution in [3.63, 3.8) is 0 Å². The summed E-state index contributed by atoms with van der Waals surface area (Å²) in [4.78, 5) is 13.9. The number of piperidine rings is 1. The minimum absolute atomic E-state index is 0.349. The summed E-state index contributed by atoms with van der Waals surface area (Å²) >= 11 is 0. The van der Waals surface area contributed by atoms with E-state index in [9.17, 15) is 0 Å². The largest absolute Gasteiger partial charge is 0.374 e. The minimum atomic E-state index is 0.349. The summed E-state index contributed by atoms with van der Waals surface area (Å²) in [5.41, 5.74) is 1.19. The predicted molar refractivity (Wildman–Crippen MR) is 84.9 cm³/mol. The molecule has 0 amide bonds. The summed E-state index contributed by atoms with van der Waals surface area (Å²) in [5.74, 6) is 0.892. The monoisotopic (exact) mass is 303 g/mol. The molecule has 0 saturated carbocycles. The number of likely N-dealkylation sites (tertiary alicyclic amines) is 1. The number of hydrogen-bond donors (Lipinski definition) is 1. The normalized spacial score (nSPS) is 29.5. The van der Waals surface area contributed by atoms with Gasteiger partial charge in [0.1, 0.15) is 0 Å². The highest BCUT2D eigenvalue weighted by atomic mass is 16.5. The predicted octanol–water partition coefficient (Wildman–Crippen LogP) is 0.640. The molecule has 6 nitrogen and oxygen atoms in total. The van der Waals surface area contributed by atoms with Crippen LogP contribution in [-0.4, -0.2) is 66.3 Å². The molecule has 1 N–H and O–H groups in total. The second-order valence-electron chi connectivity index (χ2n) is 6.60.